The zero-order chi connectivity index (χ0) is 20.8. The highest BCUT2D eigenvalue weighted by atomic mass is 16.5. The van der Waals surface area contributed by atoms with Gasteiger partial charge in [0.05, 0.1) is 12.0 Å². The van der Waals surface area contributed by atoms with Crippen LogP contribution in [-0.4, -0.2) is 35.7 Å². The second-order valence-corrected chi connectivity index (χ2v) is 9.99. The van der Waals surface area contributed by atoms with Gasteiger partial charge in [-0.1, -0.05) is 33.8 Å². The van der Waals surface area contributed by atoms with Crippen LogP contribution in [0.1, 0.15) is 74.1 Å². The molecule has 0 spiro atoms. The highest BCUT2D eigenvalue weighted by Crippen LogP contribution is 2.29. The molecule has 1 aliphatic rings. The number of allylic oxidation sites excluding steroid dienone is 1. The topological polar surface area (TPSA) is 75.6 Å². The first-order valence-corrected chi connectivity index (χ1v) is 10.2. The molecule has 5 heteroatoms. The summed E-state index contributed by atoms with van der Waals surface area (Å²) in [4.78, 5) is 24.4. The zero-order valence-corrected chi connectivity index (χ0v) is 18.2. The van der Waals surface area contributed by atoms with Crippen LogP contribution in [0.4, 0.5) is 0 Å². The first-order chi connectivity index (χ1) is 12.4. The number of nitrogens with one attached hydrogen (secondary N) is 1. The van der Waals surface area contributed by atoms with Crippen molar-refractivity contribution in [2.75, 3.05) is 13.2 Å². The van der Waals surface area contributed by atoms with Crippen LogP contribution in [0.3, 0.4) is 0 Å². The average molecular weight is 382 g/mol. The second kappa shape index (κ2) is 9.72. The minimum atomic E-state index is -0.907. The van der Waals surface area contributed by atoms with Crippen molar-refractivity contribution < 1.29 is 19.4 Å². The molecule has 0 radical (unpaired) electrons. The van der Waals surface area contributed by atoms with Crippen molar-refractivity contribution in [2.24, 2.45) is 23.2 Å². The molecule has 27 heavy (non-hydrogen) atoms. The Morgan fingerprint density at radius 2 is 1.78 bits per heavy atom. The molecule has 1 heterocycles. The van der Waals surface area contributed by atoms with E-state index in [0.29, 0.717) is 29.7 Å². The van der Waals surface area contributed by atoms with Crippen LogP contribution in [0.15, 0.2) is 11.6 Å². The van der Waals surface area contributed by atoms with E-state index in [1.807, 2.05) is 6.08 Å². The molecule has 0 aromatic heterocycles. The van der Waals surface area contributed by atoms with Gasteiger partial charge in [-0.3, -0.25) is 9.59 Å². The number of hydrogen-bond donors (Lipinski definition) is 2. The number of hydrogen-bond acceptors (Lipinski definition) is 4. The minimum Gasteiger partial charge on any atom is -0.463 e. The van der Waals surface area contributed by atoms with Gasteiger partial charge in [-0.2, -0.15) is 0 Å². The van der Waals surface area contributed by atoms with Crippen molar-refractivity contribution in [3.63, 3.8) is 0 Å². The summed E-state index contributed by atoms with van der Waals surface area (Å²) in [7, 11) is 0. The molecule has 0 bridgehead atoms. The molecule has 156 valence electrons. The van der Waals surface area contributed by atoms with Gasteiger partial charge in [0.15, 0.2) is 0 Å². The minimum absolute atomic E-state index is 0.00982. The van der Waals surface area contributed by atoms with Crippen LogP contribution in [0.5, 0.6) is 0 Å². The van der Waals surface area contributed by atoms with Gasteiger partial charge in [0.25, 0.3) is 0 Å². The standard InChI is InChI=1S/C22H39NO4/c1-15(2)10-17(11-16(3)4)8-9-18-12-22(13-24,23-19(18)25)14-27-20(26)21(5,6)7/h9,15-17,24H,8,10-14H2,1-7H3,(H,23,25)/b18-9-. The molecule has 2 N–H and O–H groups in total. The Hall–Kier alpha value is -1.36. The molecular weight excluding hydrogens is 342 g/mol. The van der Waals surface area contributed by atoms with Crippen molar-refractivity contribution in [2.45, 2.75) is 79.7 Å². The normalized spacial score (nSPS) is 22.2. The van der Waals surface area contributed by atoms with Crippen LogP contribution in [0.2, 0.25) is 0 Å². The summed E-state index contributed by atoms with van der Waals surface area (Å²) in [5, 5.41) is 12.7. The number of esters is 1. The Kier molecular flexibility index (Phi) is 8.52. The lowest BCUT2D eigenvalue weighted by Crippen LogP contribution is -2.50. The van der Waals surface area contributed by atoms with Gasteiger partial charge in [-0.15, -0.1) is 0 Å². The van der Waals surface area contributed by atoms with E-state index in [1.165, 1.54) is 0 Å². The lowest BCUT2D eigenvalue weighted by Gasteiger charge is -2.27. The molecule has 0 aromatic carbocycles. The third-order valence-electron chi connectivity index (χ3n) is 4.90. The van der Waals surface area contributed by atoms with E-state index in [1.54, 1.807) is 20.8 Å². The SMILES string of the molecule is CC(C)CC(C/C=C1/CC(CO)(COC(=O)C(C)(C)C)NC1=O)CC(C)C. The number of aliphatic hydroxyl groups excluding tert-OH is 1. The van der Waals surface area contributed by atoms with E-state index < -0.39 is 11.0 Å². The summed E-state index contributed by atoms with van der Waals surface area (Å²) in [6.07, 6.45) is 5.54. The maximum atomic E-state index is 12.4. The van der Waals surface area contributed by atoms with Crippen LogP contribution in [0, 0.1) is 23.2 Å². The Labute approximate surface area is 164 Å². The summed E-state index contributed by atoms with van der Waals surface area (Å²) in [6.45, 7) is 14.0. The molecule has 0 saturated carbocycles. The predicted molar refractivity (Wildman–Crippen MR) is 108 cm³/mol. The van der Waals surface area contributed by atoms with Crippen molar-refractivity contribution in [3.05, 3.63) is 11.6 Å². The van der Waals surface area contributed by atoms with Gasteiger partial charge in [0.1, 0.15) is 12.1 Å². The van der Waals surface area contributed by atoms with Gasteiger partial charge in [-0.05, 0) is 57.8 Å². The van der Waals surface area contributed by atoms with Crippen molar-refractivity contribution in [3.8, 4) is 0 Å². The number of carbonyl (C=O) groups is 2. The number of amides is 1. The average Bonchev–Trinajstić information content (AvgIpc) is 2.85. The second-order valence-electron chi connectivity index (χ2n) is 9.99. The van der Waals surface area contributed by atoms with E-state index in [2.05, 4.69) is 33.0 Å². The van der Waals surface area contributed by atoms with E-state index in [4.69, 9.17) is 4.74 Å². The highest BCUT2D eigenvalue weighted by molar-refractivity contribution is 5.97. The summed E-state index contributed by atoms with van der Waals surface area (Å²) in [5.74, 6) is 1.29. The molecule has 5 nitrogen and oxygen atoms in total. The monoisotopic (exact) mass is 381 g/mol. The molecule has 1 unspecified atom stereocenters. The number of ether oxygens (including phenoxy) is 1. The maximum absolute atomic E-state index is 12.4. The summed E-state index contributed by atoms with van der Waals surface area (Å²) in [5.41, 5.74) is -0.831. The highest BCUT2D eigenvalue weighted by Gasteiger charge is 2.42. The molecule has 1 fully saturated rings. The Morgan fingerprint density at radius 1 is 1.22 bits per heavy atom. The smallest absolute Gasteiger partial charge is 0.311 e. The van der Waals surface area contributed by atoms with Crippen LogP contribution in [0.25, 0.3) is 0 Å². The van der Waals surface area contributed by atoms with Crippen molar-refractivity contribution in [1.82, 2.24) is 5.32 Å². The van der Waals surface area contributed by atoms with Crippen LogP contribution < -0.4 is 5.32 Å². The van der Waals surface area contributed by atoms with Crippen LogP contribution in [-0.2, 0) is 14.3 Å². The summed E-state index contributed by atoms with van der Waals surface area (Å²) in [6, 6.07) is 0. The van der Waals surface area contributed by atoms with Crippen LogP contribution >= 0.6 is 0 Å². The van der Waals surface area contributed by atoms with Gasteiger partial charge in [0, 0.05) is 12.0 Å². The number of rotatable bonds is 9. The predicted octanol–water partition coefficient (Wildman–Crippen LogP) is 3.85. The van der Waals surface area contributed by atoms with Gasteiger partial charge in [0.2, 0.25) is 5.91 Å². The van der Waals surface area contributed by atoms with E-state index in [9.17, 15) is 14.7 Å². The summed E-state index contributed by atoms with van der Waals surface area (Å²) < 4.78 is 5.37. The molecule has 1 saturated heterocycles. The van der Waals surface area contributed by atoms with Crippen molar-refractivity contribution in [1.29, 1.82) is 0 Å². The fourth-order valence-corrected chi connectivity index (χ4v) is 3.55. The summed E-state index contributed by atoms with van der Waals surface area (Å²) >= 11 is 0. The third kappa shape index (κ3) is 7.65. The van der Waals surface area contributed by atoms with E-state index >= 15 is 0 Å². The lowest BCUT2D eigenvalue weighted by atomic mass is 9.86. The maximum Gasteiger partial charge on any atom is 0.311 e. The molecule has 1 aliphatic heterocycles. The number of aliphatic hydroxyl groups is 1. The fourth-order valence-electron chi connectivity index (χ4n) is 3.55. The Morgan fingerprint density at radius 3 is 2.22 bits per heavy atom. The van der Waals surface area contributed by atoms with Gasteiger partial charge < -0.3 is 15.2 Å². The molecular formula is C22H39NO4. The largest absolute Gasteiger partial charge is 0.463 e. The quantitative estimate of drug-likeness (QED) is 0.470. The molecule has 0 aliphatic carbocycles. The zero-order valence-electron chi connectivity index (χ0n) is 18.2. The first kappa shape index (κ1) is 23.7. The number of carbonyl (C=O) groups excluding carboxylic acids is 2. The molecule has 1 amide bonds. The fraction of sp³-hybridized carbons (Fsp3) is 0.818. The first-order valence-electron chi connectivity index (χ1n) is 10.2. The van der Waals surface area contributed by atoms with Gasteiger partial charge in [-0.25, -0.2) is 0 Å². The van der Waals surface area contributed by atoms with Crippen molar-refractivity contribution >= 4 is 11.9 Å². The molecule has 1 atom stereocenters. The Bertz CT molecular complexity index is 535. The molecule has 1 rings (SSSR count). The van der Waals surface area contributed by atoms with E-state index in [-0.39, 0.29) is 25.1 Å². The molecule has 0 aromatic rings. The third-order valence-corrected chi connectivity index (χ3v) is 4.90. The Balaban J connectivity index is 2.78. The van der Waals surface area contributed by atoms with Gasteiger partial charge >= 0.3 is 5.97 Å². The van der Waals surface area contributed by atoms with E-state index in [0.717, 1.165) is 19.3 Å². The lowest BCUT2D eigenvalue weighted by molar-refractivity contribution is -0.156.